The van der Waals surface area contributed by atoms with E-state index in [9.17, 15) is 13.2 Å². The summed E-state index contributed by atoms with van der Waals surface area (Å²) in [5.41, 5.74) is -1.09. The standard InChI is InChI=1S/C23H22F3N3OS/c1-30-20-4-2-3-19-16(9-12-27-21(19)20)13-29-15-28(14-22(29)10-11-22)17-5-7-18(8-6-17)31-23(24,25)26/h2-9,12H,10-11,13-15H2,1H3. The largest absolute Gasteiger partial charge is 0.494 e. The Balaban J connectivity index is 1.36. The van der Waals surface area contributed by atoms with E-state index in [1.54, 1.807) is 31.4 Å². The highest BCUT2D eigenvalue weighted by atomic mass is 32.2. The number of para-hydroxylation sites is 1. The Hall–Kier alpha value is -2.45. The molecule has 5 rings (SSSR count). The summed E-state index contributed by atoms with van der Waals surface area (Å²) >= 11 is -0.0746. The maximum absolute atomic E-state index is 12.6. The lowest BCUT2D eigenvalue weighted by Gasteiger charge is -2.23. The molecule has 1 saturated heterocycles. The van der Waals surface area contributed by atoms with Gasteiger partial charge in [0.1, 0.15) is 11.3 Å². The lowest BCUT2D eigenvalue weighted by atomic mass is 10.1. The number of pyridine rings is 1. The van der Waals surface area contributed by atoms with Gasteiger partial charge in [-0.15, -0.1) is 0 Å². The average molecular weight is 446 g/mol. The van der Waals surface area contributed by atoms with E-state index in [4.69, 9.17) is 4.74 Å². The van der Waals surface area contributed by atoms with Gasteiger partial charge in [-0.1, -0.05) is 12.1 Å². The summed E-state index contributed by atoms with van der Waals surface area (Å²) in [6.07, 6.45) is 4.10. The van der Waals surface area contributed by atoms with Crippen LogP contribution in [0.25, 0.3) is 10.9 Å². The number of aromatic nitrogens is 1. The number of hydrogen-bond acceptors (Lipinski definition) is 5. The summed E-state index contributed by atoms with van der Waals surface area (Å²) in [5, 5.41) is 1.09. The number of alkyl halides is 3. The molecule has 0 atom stereocenters. The highest BCUT2D eigenvalue weighted by Gasteiger charge is 2.53. The molecule has 2 heterocycles. The molecule has 0 N–H and O–H groups in total. The van der Waals surface area contributed by atoms with Crippen LogP contribution in [0.1, 0.15) is 18.4 Å². The monoisotopic (exact) mass is 445 g/mol. The van der Waals surface area contributed by atoms with Crippen LogP contribution in [0.3, 0.4) is 0 Å². The Morgan fingerprint density at radius 3 is 2.55 bits per heavy atom. The second-order valence-corrected chi connectivity index (χ2v) is 9.27. The van der Waals surface area contributed by atoms with Gasteiger partial charge < -0.3 is 9.64 Å². The van der Waals surface area contributed by atoms with Gasteiger partial charge in [-0.05, 0) is 66.6 Å². The zero-order valence-electron chi connectivity index (χ0n) is 17.0. The quantitative estimate of drug-likeness (QED) is 0.472. The van der Waals surface area contributed by atoms with Crippen molar-refractivity contribution < 1.29 is 17.9 Å². The van der Waals surface area contributed by atoms with Gasteiger partial charge in [0, 0.05) is 40.8 Å². The van der Waals surface area contributed by atoms with Crippen LogP contribution in [-0.4, -0.2) is 41.3 Å². The summed E-state index contributed by atoms with van der Waals surface area (Å²) in [7, 11) is 1.65. The topological polar surface area (TPSA) is 28.6 Å². The molecule has 162 valence electrons. The van der Waals surface area contributed by atoms with Crippen LogP contribution < -0.4 is 9.64 Å². The van der Waals surface area contributed by atoms with Gasteiger partial charge in [0.05, 0.1) is 13.8 Å². The van der Waals surface area contributed by atoms with Crippen LogP contribution in [-0.2, 0) is 6.54 Å². The maximum Gasteiger partial charge on any atom is 0.446 e. The van der Waals surface area contributed by atoms with E-state index in [1.165, 1.54) is 5.56 Å². The molecule has 31 heavy (non-hydrogen) atoms. The lowest BCUT2D eigenvalue weighted by molar-refractivity contribution is -0.0328. The molecule has 1 aliphatic carbocycles. The summed E-state index contributed by atoms with van der Waals surface area (Å²) in [6.45, 7) is 2.44. The van der Waals surface area contributed by atoms with Gasteiger partial charge in [-0.3, -0.25) is 9.88 Å². The Morgan fingerprint density at radius 1 is 1.10 bits per heavy atom. The smallest absolute Gasteiger partial charge is 0.446 e. The first-order valence-corrected chi connectivity index (χ1v) is 10.9. The number of anilines is 1. The van der Waals surface area contributed by atoms with Crippen molar-refractivity contribution in [2.75, 3.05) is 25.2 Å². The fraction of sp³-hybridized carbons (Fsp3) is 0.348. The number of thioether (sulfide) groups is 1. The molecule has 8 heteroatoms. The Labute approximate surface area is 183 Å². The first-order valence-electron chi connectivity index (χ1n) is 10.1. The van der Waals surface area contributed by atoms with Gasteiger partial charge in [-0.25, -0.2) is 0 Å². The van der Waals surface area contributed by atoms with E-state index < -0.39 is 5.51 Å². The van der Waals surface area contributed by atoms with Gasteiger partial charge in [0.25, 0.3) is 0 Å². The van der Waals surface area contributed by atoms with Crippen molar-refractivity contribution in [3.8, 4) is 5.75 Å². The molecule has 0 amide bonds. The van der Waals surface area contributed by atoms with E-state index in [2.05, 4.69) is 26.9 Å². The molecule has 0 unspecified atom stereocenters. The third-order valence-corrected chi connectivity index (χ3v) is 6.90. The van der Waals surface area contributed by atoms with Crippen LogP contribution in [0.5, 0.6) is 5.75 Å². The molecule has 2 aromatic carbocycles. The molecule has 4 nitrogen and oxygen atoms in total. The summed E-state index contributed by atoms with van der Waals surface area (Å²) in [5.74, 6) is 0.764. The molecule has 2 fully saturated rings. The number of halogens is 3. The van der Waals surface area contributed by atoms with Crippen LogP contribution in [0.4, 0.5) is 18.9 Å². The molecule has 1 spiro atoms. The molecule has 2 aliphatic rings. The maximum atomic E-state index is 12.6. The number of fused-ring (bicyclic) bond motifs is 1. The molecule has 1 saturated carbocycles. The van der Waals surface area contributed by atoms with Crippen molar-refractivity contribution in [1.29, 1.82) is 0 Å². The average Bonchev–Trinajstić information content (AvgIpc) is 3.43. The van der Waals surface area contributed by atoms with Crippen LogP contribution >= 0.6 is 11.8 Å². The predicted molar refractivity (Wildman–Crippen MR) is 116 cm³/mol. The molecule has 0 radical (unpaired) electrons. The highest BCUT2D eigenvalue weighted by Crippen LogP contribution is 2.48. The van der Waals surface area contributed by atoms with Crippen molar-refractivity contribution in [2.45, 2.75) is 35.3 Å². The predicted octanol–water partition coefficient (Wildman–Crippen LogP) is 5.67. The Morgan fingerprint density at radius 2 is 1.87 bits per heavy atom. The fourth-order valence-corrected chi connectivity index (χ4v) is 4.98. The normalized spacial score (nSPS) is 18.1. The zero-order chi connectivity index (χ0) is 21.6. The number of rotatable bonds is 5. The zero-order valence-corrected chi connectivity index (χ0v) is 17.8. The lowest BCUT2D eigenvalue weighted by Crippen LogP contribution is -2.32. The van der Waals surface area contributed by atoms with Crippen molar-refractivity contribution in [2.24, 2.45) is 0 Å². The number of ether oxygens (including phenoxy) is 1. The molecular weight excluding hydrogens is 423 g/mol. The van der Waals surface area contributed by atoms with Crippen LogP contribution in [0, 0.1) is 0 Å². The second-order valence-electron chi connectivity index (χ2n) is 8.13. The Kier molecular flexibility index (Phi) is 5.01. The number of benzene rings is 2. The van der Waals surface area contributed by atoms with Crippen molar-refractivity contribution in [3.63, 3.8) is 0 Å². The van der Waals surface area contributed by atoms with Crippen LogP contribution in [0.2, 0.25) is 0 Å². The minimum Gasteiger partial charge on any atom is -0.494 e. The first kappa shape index (κ1) is 20.5. The molecule has 1 aromatic heterocycles. The fourth-order valence-electron chi connectivity index (χ4n) is 4.44. The van der Waals surface area contributed by atoms with Crippen LogP contribution in [0.15, 0.2) is 59.6 Å². The Bertz CT molecular complexity index is 1100. The number of methoxy groups -OCH3 is 1. The van der Waals surface area contributed by atoms with E-state index in [0.29, 0.717) is 0 Å². The minimum atomic E-state index is -4.26. The molecule has 1 aliphatic heterocycles. The SMILES string of the molecule is COc1cccc2c(CN3CN(c4ccc(SC(F)(F)F)cc4)CC34CC4)ccnc12. The molecule has 3 aromatic rings. The second kappa shape index (κ2) is 7.60. The van der Waals surface area contributed by atoms with Gasteiger partial charge in [-0.2, -0.15) is 13.2 Å². The van der Waals surface area contributed by atoms with Gasteiger partial charge in [0.2, 0.25) is 0 Å². The molecular formula is C23H22F3N3OS. The van der Waals surface area contributed by atoms with E-state index in [1.807, 2.05) is 18.3 Å². The number of hydrogen-bond donors (Lipinski definition) is 0. The van der Waals surface area contributed by atoms with E-state index in [-0.39, 0.29) is 22.2 Å². The number of nitrogens with zero attached hydrogens (tertiary/aromatic N) is 3. The summed E-state index contributed by atoms with van der Waals surface area (Å²) in [4.78, 5) is 9.46. The van der Waals surface area contributed by atoms with E-state index in [0.717, 1.165) is 54.9 Å². The summed E-state index contributed by atoms with van der Waals surface area (Å²) in [6, 6.07) is 14.7. The minimum absolute atomic E-state index is 0.0746. The van der Waals surface area contributed by atoms with Crippen molar-refractivity contribution in [1.82, 2.24) is 9.88 Å². The first-order chi connectivity index (χ1) is 14.9. The molecule has 0 bridgehead atoms. The van der Waals surface area contributed by atoms with Gasteiger partial charge in [0.15, 0.2) is 0 Å². The van der Waals surface area contributed by atoms with Crippen molar-refractivity contribution >= 4 is 28.4 Å². The third kappa shape index (κ3) is 4.06. The van der Waals surface area contributed by atoms with Crippen molar-refractivity contribution in [3.05, 3.63) is 60.3 Å². The summed E-state index contributed by atoms with van der Waals surface area (Å²) < 4.78 is 43.3. The van der Waals surface area contributed by atoms with E-state index >= 15 is 0 Å². The van der Waals surface area contributed by atoms with Gasteiger partial charge >= 0.3 is 5.51 Å². The highest BCUT2D eigenvalue weighted by molar-refractivity contribution is 8.00. The third-order valence-electron chi connectivity index (χ3n) is 6.17.